The van der Waals surface area contributed by atoms with E-state index >= 15 is 0 Å². The number of hydrogen-bond donors (Lipinski definition) is 1. The molecule has 1 amide bonds. The molecule has 1 N–H and O–H groups in total. The van der Waals surface area contributed by atoms with Crippen LogP contribution in [0.4, 0.5) is 0 Å². The van der Waals surface area contributed by atoms with Gasteiger partial charge in [0, 0.05) is 23.0 Å². The lowest BCUT2D eigenvalue weighted by molar-refractivity contribution is 0.0923. The van der Waals surface area contributed by atoms with Crippen molar-refractivity contribution in [2.75, 3.05) is 0 Å². The second-order valence-corrected chi connectivity index (χ2v) is 10.0. The lowest BCUT2D eigenvalue weighted by atomic mass is 9.87. The first-order valence-electron chi connectivity index (χ1n) is 12.3. The highest BCUT2D eigenvalue weighted by atomic mass is 16.1. The van der Waals surface area contributed by atoms with Gasteiger partial charge in [0.05, 0.1) is 5.69 Å². The van der Waals surface area contributed by atoms with Gasteiger partial charge >= 0.3 is 0 Å². The lowest BCUT2D eigenvalue weighted by Gasteiger charge is -2.27. The Labute approximate surface area is 191 Å². The minimum Gasteiger partial charge on any atom is -0.349 e. The summed E-state index contributed by atoms with van der Waals surface area (Å²) in [4.78, 5) is 12.8. The third kappa shape index (κ3) is 4.26. The molecule has 0 saturated heterocycles. The Bertz CT molecular complexity index is 1070. The third-order valence-corrected chi connectivity index (χ3v) is 7.44. The third-order valence-electron chi connectivity index (χ3n) is 7.44. The fraction of sp³-hybridized carbons (Fsp3) is 0.414. The molecule has 166 valence electrons. The summed E-state index contributed by atoms with van der Waals surface area (Å²) < 4.78 is 2.42. The number of fused-ring (bicyclic) bond motifs is 1. The topological polar surface area (TPSA) is 34.0 Å². The van der Waals surface area contributed by atoms with E-state index in [1.807, 2.05) is 12.1 Å². The molecular formula is C29H34N2O. The molecule has 32 heavy (non-hydrogen) atoms. The highest BCUT2D eigenvalue weighted by Crippen LogP contribution is 2.35. The molecule has 2 aromatic carbocycles. The van der Waals surface area contributed by atoms with Crippen molar-refractivity contribution in [1.29, 1.82) is 0 Å². The van der Waals surface area contributed by atoms with Crippen molar-refractivity contribution >= 4 is 5.91 Å². The number of nitrogens with zero attached hydrogens (tertiary/aromatic N) is 1. The predicted molar refractivity (Wildman–Crippen MR) is 131 cm³/mol. The SMILES string of the molecule is CC1CCC(NC(=O)c2ccc(-n3c(-c4ccccc4)cc4c3CC[C@@H](C)C4)cc2)CC1. The molecule has 2 aliphatic carbocycles. The number of benzene rings is 2. The molecule has 3 aromatic rings. The highest BCUT2D eigenvalue weighted by molar-refractivity contribution is 5.94. The van der Waals surface area contributed by atoms with Crippen LogP contribution in [0.15, 0.2) is 60.7 Å². The Morgan fingerprint density at radius 2 is 1.59 bits per heavy atom. The van der Waals surface area contributed by atoms with E-state index in [-0.39, 0.29) is 5.91 Å². The first kappa shape index (κ1) is 21.1. The van der Waals surface area contributed by atoms with Gasteiger partial charge < -0.3 is 9.88 Å². The lowest BCUT2D eigenvalue weighted by Crippen LogP contribution is -2.37. The monoisotopic (exact) mass is 426 g/mol. The minimum absolute atomic E-state index is 0.0581. The largest absolute Gasteiger partial charge is 0.349 e. The fourth-order valence-corrected chi connectivity index (χ4v) is 5.46. The molecular weight excluding hydrogens is 392 g/mol. The summed E-state index contributed by atoms with van der Waals surface area (Å²) in [5.74, 6) is 1.58. The quantitative estimate of drug-likeness (QED) is 0.502. The van der Waals surface area contributed by atoms with Crippen LogP contribution in [-0.4, -0.2) is 16.5 Å². The molecule has 0 aliphatic heterocycles. The van der Waals surface area contributed by atoms with Gasteiger partial charge in [0.25, 0.3) is 5.91 Å². The van der Waals surface area contributed by atoms with Crippen LogP contribution in [0.5, 0.6) is 0 Å². The van der Waals surface area contributed by atoms with Crippen molar-refractivity contribution in [3.05, 3.63) is 77.5 Å². The van der Waals surface area contributed by atoms with Crippen LogP contribution in [0, 0.1) is 11.8 Å². The van der Waals surface area contributed by atoms with Gasteiger partial charge in [-0.25, -0.2) is 0 Å². The van der Waals surface area contributed by atoms with E-state index in [1.165, 1.54) is 41.8 Å². The number of carbonyl (C=O) groups is 1. The summed E-state index contributed by atoms with van der Waals surface area (Å²) >= 11 is 0. The second kappa shape index (κ2) is 8.97. The maximum atomic E-state index is 12.8. The zero-order valence-electron chi connectivity index (χ0n) is 19.3. The molecule has 0 radical (unpaired) electrons. The maximum Gasteiger partial charge on any atom is 0.251 e. The van der Waals surface area contributed by atoms with Crippen molar-refractivity contribution in [1.82, 2.24) is 9.88 Å². The average molecular weight is 427 g/mol. The van der Waals surface area contributed by atoms with Gasteiger partial charge in [-0.15, -0.1) is 0 Å². The Morgan fingerprint density at radius 1 is 0.875 bits per heavy atom. The van der Waals surface area contributed by atoms with E-state index in [9.17, 15) is 4.79 Å². The standard InChI is InChI=1S/C29H34N2O/c1-20-8-13-25(14-9-20)30-29(32)23-11-15-26(16-12-23)31-27-17-10-21(2)18-24(27)19-28(31)22-6-4-3-5-7-22/h3-7,11-12,15-16,19-21,25H,8-10,13-14,17-18H2,1-2H3,(H,30,32)/t20?,21-,25?/m1/s1. The van der Waals surface area contributed by atoms with Gasteiger partial charge in [0.1, 0.15) is 0 Å². The second-order valence-electron chi connectivity index (χ2n) is 10.0. The first-order chi connectivity index (χ1) is 15.6. The highest BCUT2D eigenvalue weighted by Gasteiger charge is 2.24. The molecule has 1 saturated carbocycles. The van der Waals surface area contributed by atoms with Gasteiger partial charge in [0.15, 0.2) is 0 Å². The Balaban J connectivity index is 1.43. The van der Waals surface area contributed by atoms with Crippen molar-refractivity contribution in [3.8, 4) is 16.9 Å². The molecule has 2 aliphatic rings. The van der Waals surface area contributed by atoms with Gasteiger partial charge in [-0.3, -0.25) is 4.79 Å². The van der Waals surface area contributed by atoms with Gasteiger partial charge in [-0.2, -0.15) is 0 Å². The molecule has 3 heteroatoms. The Hall–Kier alpha value is -2.81. The molecule has 1 heterocycles. The number of nitrogens with one attached hydrogen (secondary N) is 1. The average Bonchev–Trinajstić information content (AvgIpc) is 3.20. The van der Waals surface area contributed by atoms with Crippen LogP contribution in [0.1, 0.15) is 67.6 Å². The molecule has 1 aromatic heterocycles. The molecule has 5 rings (SSSR count). The fourth-order valence-electron chi connectivity index (χ4n) is 5.46. The van der Waals surface area contributed by atoms with Gasteiger partial charge in [-0.05, 0) is 98.2 Å². The smallest absolute Gasteiger partial charge is 0.251 e. The van der Waals surface area contributed by atoms with E-state index in [1.54, 1.807) is 0 Å². The van der Waals surface area contributed by atoms with Crippen LogP contribution in [0.25, 0.3) is 16.9 Å². The van der Waals surface area contributed by atoms with Crippen molar-refractivity contribution in [2.24, 2.45) is 11.8 Å². The maximum absolute atomic E-state index is 12.8. The van der Waals surface area contributed by atoms with Crippen molar-refractivity contribution in [3.63, 3.8) is 0 Å². The molecule has 1 fully saturated rings. The molecule has 0 unspecified atom stereocenters. The van der Waals surface area contributed by atoms with Crippen LogP contribution in [-0.2, 0) is 12.8 Å². The van der Waals surface area contributed by atoms with E-state index < -0.39 is 0 Å². The van der Waals surface area contributed by atoms with Crippen LogP contribution < -0.4 is 5.32 Å². The normalized spacial score (nSPS) is 22.9. The van der Waals surface area contributed by atoms with E-state index in [0.717, 1.165) is 48.8 Å². The summed E-state index contributed by atoms with van der Waals surface area (Å²) in [6, 6.07) is 21.6. The number of aromatic nitrogens is 1. The van der Waals surface area contributed by atoms with Crippen LogP contribution in [0.3, 0.4) is 0 Å². The van der Waals surface area contributed by atoms with Gasteiger partial charge in [0.2, 0.25) is 0 Å². The zero-order valence-corrected chi connectivity index (χ0v) is 19.3. The number of rotatable bonds is 4. The first-order valence-corrected chi connectivity index (χ1v) is 12.3. The summed E-state index contributed by atoms with van der Waals surface area (Å²) in [5.41, 5.74) is 7.28. The summed E-state index contributed by atoms with van der Waals surface area (Å²) in [7, 11) is 0. The minimum atomic E-state index is 0.0581. The summed E-state index contributed by atoms with van der Waals surface area (Å²) in [6.07, 6.45) is 8.09. The van der Waals surface area contributed by atoms with Crippen molar-refractivity contribution < 1.29 is 4.79 Å². The number of carbonyl (C=O) groups excluding carboxylic acids is 1. The van der Waals surface area contributed by atoms with Crippen LogP contribution >= 0.6 is 0 Å². The predicted octanol–water partition coefficient (Wildman–Crippen LogP) is 6.58. The number of amides is 1. The van der Waals surface area contributed by atoms with Gasteiger partial charge in [-0.1, -0.05) is 44.2 Å². The van der Waals surface area contributed by atoms with E-state index in [2.05, 4.69) is 72.3 Å². The van der Waals surface area contributed by atoms with Crippen LogP contribution in [0.2, 0.25) is 0 Å². The summed E-state index contributed by atoms with van der Waals surface area (Å²) in [5, 5.41) is 3.26. The number of hydrogen-bond acceptors (Lipinski definition) is 1. The molecule has 0 spiro atoms. The Morgan fingerprint density at radius 3 is 2.31 bits per heavy atom. The summed E-state index contributed by atoms with van der Waals surface area (Å²) in [6.45, 7) is 4.66. The van der Waals surface area contributed by atoms with Crippen molar-refractivity contribution in [2.45, 2.75) is 64.8 Å². The molecule has 3 nitrogen and oxygen atoms in total. The Kier molecular flexibility index (Phi) is 5.91. The zero-order chi connectivity index (χ0) is 22.1. The van der Waals surface area contributed by atoms with E-state index in [4.69, 9.17) is 0 Å². The molecule has 1 atom stereocenters. The molecule has 0 bridgehead atoms. The van der Waals surface area contributed by atoms with E-state index in [0.29, 0.717) is 6.04 Å².